The van der Waals surface area contributed by atoms with E-state index in [1.807, 2.05) is 5.01 Å². The first kappa shape index (κ1) is 6.68. The fourth-order valence-corrected chi connectivity index (χ4v) is 2.18. The first-order valence-electron chi connectivity index (χ1n) is 4.30. The fourth-order valence-electron chi connectivity index (χ4n) is 2.18. The molecule has 0 aliphatic carbocycles. The molecule has 2 N–H and O–H groups in total. The summed E-state index contributed by atoms with van der Waals surface area (Å²) in [5.74, 6) is 5.67. The van der Waals surface area contributed by atoms with Crippen molar-refractivity contribution in [1.82, 2.24) is 5.01 Å². The van der Waals surface area contributed by atoms with Gasteiger partial charge in [0, 0.05) is 13.1 Å². The zero-order chi connectivity index (χ0) is 7.03. The molecule has 0 bridgehead atoms. The molecule has 2 aliphatic heterocycles. The van der Waals surface area contributed by atoms with Gasteiger partial charge in [-0.3, -0.25) is 5.84 Å². The Bertz CT molecular complexity index is 124. The quantitative estimate of drug-likeness (QED) is 0.387. The lowest BCUT2D eigenvalue weighted by Gasteiger charge is -2.46. The van der Waals surface area contributed by atoms with E-state index in [2.05, 4.69) is 0 Å². The van der Waals surface area contributed by atoms with Gasteiger partial charge in [0.25, 0.3) is 0 Å². The van der Waals surface area contributed by atoms with Gasteiger partial charge in [0.1, 0.15) is 7.28 Å². The number of hydrazine groups is 1. The van der Waals surface area contributed by atoms with Gasteiger partial charge in [-0.05, 0) is 12.8 Å². The van der Waals surface area contributed by atoms with Crippen molar-refractivity contribution in [2.45, 2.75) is 30.9 Å². The van der Waals surface area contributed by atoms with Gasteiger partial charge >= 0.3 is 0 Å². The van der Waals surface area contributed by atoms with Crippen molar-refractivity contribution < 1.29 is 0 Å². The second-order valence-corrected chi connectivity index (χ2v) is 3.89. The maximum absolute atomic E-state index is 5.67. The molecule has 0 amide bonds. The minimum absolute atomic E-state index is 0.760. The molecule has 10 heavy (non-hydrogen) atoms. The molecule has 0 unspecified atom stereocenters. The number of piperidine rings is 1. The van der Waals surface area contributed by atoms with Gasteiger partial charge in [0.05, 0.1) is 0 Å². The van der Waals surface area contributed by atoms with Gasteiger partial charge in [-0.2, -0.15) is 0 Å². The topological polar surface area (TPSA) is 29.3 Å². The summed E-state index contributed by atoms with van der Waals surface area (Å²) in [6.45, 7) is 2.25. The van der Waals surface area contributed by atoms with Crippen LogP contribution in [0.2, 0.25) is 11.6 Å². The number of hydrogen-bond donors (Lipinski definition) is 1. The van der Waals surface area contributed by atoms with Gasteiger partial charge in [0.2, 0.25) is 0 Å². The summed E-state index contributed by atoms with van der Waals surface area (Å²) in [7, 11) is 1.47. The molecule has 2 aliphatic rings. The van der Waals surface area contributed by atoms with Crippen molar-refractivity contribution in [3.05, 3.63) is 0 Å². The van der Waals surface area contributed by atoms with E-state index in [1.54, 1.807) is 0 Å². The molecule has 2 heterocycles. The Labute approximate surface area is 63.0 Å². The number of hydrogen-bond acceptors (Lipinski definition) is 2. The molecular formula is C7H15BN2. The van der Waals surface area contributed by atoms with Crippen LogP contribution in [0.1, 0.15) is 19.3 Å². The Balaban J connectivity index is 1.90. The summed E-state index contributed by atoms with van der Waals surface area (Å²) in [5, 5.41) is 2.72. The van der Waals surface area contributed by atoms with Crippen LogP contribution in [0.25, 0.3) is 0 Å². The van der Waals surface area contributed by atoms with Crippen LogP contribution >= 0.6 is 0 Å². The van der Waals surface area contributed by atoms with Crippen molar-refractivity contribution >= 4 is 7.28 Å². The standard InChI is InChI=1S/C7H15BN2/c9-10-5-2-7(3-6-10)1-4-8-7/h8H,1-6,9H2. The molecule has 0 aromatic rings. The summed E-state index contributed by atoms with van der Waals surface area (Å²) in [5.41, 5.74) is 0. The maximum atomic E-state index is 5.67. The molecular weight excluding hydrogens is 123 g/mol. The number of nitrogens with zero attached hydrogens (tertiary/aromatic N) is 1. The van der Waals surface area contributed by atoms with Crippen molar-refractivity contribution in [3.63, 3.8) is 0 Å². The first-order chi connectivity index (χ1) is 4.81. The lowest BCUT2D eigenvalue weighted by molar-refractivity contribution is 0.183. The van der Waals surface area contributed by atoms with E-state index < -0.39 is 0 Å². The Morgan fingerprint density at radius 1 is 1.20 bits per heavy atom. The van der Waals surface area contributed by atoms with E-state index >= 15 is 0 Å². The molecule has 56 valence electrons. The molecule has 1 spiro atoms. The normalized spacial score (nSPS) is 31.3. The van der Waals surface area contributed by atoms with E-state index in [1.165, 1.54) is 32.9 Å². The summed E-state index contributed by atoms with van der Waals surface area (Å²) in [4.78, 5) is 0. The van der Waals surface area contributed by atoms with E-state index in [4.69, 9.17) is 5.84 Å². The van der Waals surface area contributed by atoms with Crippen LogP contribution in [-0.4, -0.2) is 25.4 Å². The summed E-state index contributed by atoms with van der Waals surface area (Å²) >= 11 is 0. The Hall–Kier alpha value is -0.0151. The van der Waals surface area contributed by atoms with Crippen molar-refractivity contribution in [1.29, 1.82) is 0 Å². The Morgan fingerprint density at radius 3 is 2.20 bits per heavy atom. The third-order valence-corrected chi connectivity index (χ3v) is 3.27. The lowest BCUT2D eigenvalue weighted by atomic mass is 9.35. The molecule has 0 atom stereocenters. The van der Waals surface area contributed by atoms with Gasteiger partial charge < -0.3 is 0 Å². The van der Waals surface area contributed by atoms with Crippen molar-refractivity contribution in [3.8, 4) is 0 Å². The van der Waals surface area contributed by atoms with E-state index in [0.29, 0.717) is 0 Å². The third kappa shape index (κ3) is 0.975. The number of rotatable bonds is 0. The average molecular weight is 138 g/mol. The van der Waals surface area contributed by atoms with Gasteiger partial charge in [-0.1, -0.05) is 18.1 Å². The summed E-state index contributed by atoms with van der Waals surface area (Å²) in [6.07, 6.45) is 5.64. The highest BCUT2D eigenvalue weighted by atomic mass is 15.4. The highest BCUT2D eigenvalue weighted by molar-refractivity contribution is 6.44. The zero-order valence-corrected chi connectivity index (χ0v) is 6.47. The van der Waals surface area contributed by atoms with E-state index in [0.717, 1.165) is 18.4 Å². The minimum Gasteiger partial charge on any atom is -0.269 e. The third-order valence-electron chi connectivity index (χ3n) is 3.27. The van der Waals surface area contributed by atoms with Crippen LogP contribution in [0.4, 0.5) is 0 Å². The lowest BCUT2D eigenvalue weighted by Crippen LogP contribution is -2.45. The van der Waals surface area contributed by atoms with Gasteiger partial charge in [-0.25, -0.2) is 5.01 Å². The van der Waals surface area contributed by atoms with Crippen molar-refractivity contribution in [2.24, 2.45) is 5.84 Å². The van der Waals surface area contributed by atoms with E-state index in [-0.39, 0.29) is 0 Å². The molecule has 0 saturated carbocycles. The molecule has 2 rings (SSSR count). The Morgan fingerprint density at radius 2 is 1.80 bits per heavy atom. The molecule has 2 fully saturated rings. The highest BCUT2D eigenvalue weighted by Crippen LogP contribution is 2.49. The smallest absolute Gasteiger partial charge is 0.128 e. The van der Waals surface area contributed by atoms with Crippen LogP contribution in [0.5, 0.6) is 0 Å². The van der Waals surface area contributed by atoms with Crippen LogP contribution in [-0.2, 0) is 0 Å². The maximum Gasteiger partial charge on any atom is 0.128 e. The highest BCUT2D eigenvalue weighted by Gasteiger charge is 2.39. The fraction of sp³-hybridized carbons (Fsp3) is 1.00. The average Bonchev–Trinajstić information content (AvgIpc) is 1.86. The minimum atomic E-state index is 0.760. The van der Waals surface area contributed by atoms with Crippen LogP contribution in [0, 0.1) is 0 Å². The molecule has 0 aromatic heterocycles. The molecule has 0 aromatic carbocycles. The largest absolute Gasteiger partial charge is 0.269 e. The van der Waals surface area contributed by atoms with Crippen LogP contribution < -0.4 is 5.84 Å². The second-order valence-electron chi connectivity index (χ2n) is 3.89. The van der Waals surface area contributed by atoms with E-state index in [9.17, 15) is 0 Å². The SMILES string of the molecule is NN1CCC2(BCC2)CC1. The Kier molecular flexibility index (Phi) is 1.50. The second kappa shape index (κ2) is 2.24. The monoisotopic (exact) mass is 138 g/mol. The molecule has 0 radical (unpaired) electrons. The number of nitrogens with two attached hydrogens (primary N) is 1. The zero-order valence-electron chi connectivity index (χ0n) is 6.47. The predicted octanol–water partition coefficient (Wildman–Crippen LogP) is 0.373. The van der Waals surface area contributed by atoms with Gasteiger partial charge in [-0.15, -0.1) is 0 Å². The predicted molar refractivity (Wildman–Crippen MR) is 44.3 cm³/mol. The summed E-state index contributed by atoms with van der Waals surface area (Å²) in [6, 6.07) is 0. The first-order valence-corrected chi connectivity index (χ1v) is 4.30. The van der Waals surface area contributed by atoms with Crippen LogP contribution in [0.15, 0.2) is 0 Å². The summed E-state index contributed by atoms with van der Waals surface area (Å²) < 4.78 is 0. The van der Waals surface area contributed by atoms with Crippen molar-refractivity contribution in [2.75, 3.05) is 13.1 Å². The molecule has 2 saturated heterocycles. The molecule has 3 heteroatoms. The molecule has 2 nitrogen and oxygen atoms in total. The van der Waals surface area contributed by atoms with Crippen LogP contribution in [0.3, 0.4) is 0 Å². The van der Waals surface area contributed by atoms with Gasteiger partial charge in [0.15, 0.2) is 0 Å².